The average molecular weight is 371 g/mol. The first-order valence-electron chi connectivity index (χ1n) is 9.45. The van der Waals surface area contributed by atoms with Gasteiger partial charge in [-0.25, -0.2) is 4.99 Å². The molecule has 0 aliphatic rings. The van der Waals surface area contributed by atoms with Crippen molar-refractivity contribution in [2.24, 2.45) is 4.99 Å². The normalized spacial score (nSPS) is 12.0. The second-order valence-corrected chi connectivity index (χ2v) is 6.59. The molecule has 0 saturated heterocycles. The molecule has 0 aliphatic heterocycles. The van der Waals surface area contributed by atoms with Crippen molar-refractivity contribution in [3.05, 3.63) is 102 Å². The largest absolute Gasteiger partial charge is 0.465 e. The number of aliphatic imine (C=N–C) groups is 1. The van der Waals surface area contributed by atoms with Crippen LogP contribution in [0.4, 0.5) is 5.69 Å². The van der Waals surface area contributed by atoms with Gasteiger partial charge in [0.25, 0.3) is 0 Å². The Morgan fingerprint density at radius 2 is 1.64 bits per heavy atom. The third-order valence-electron chi connectivity index (χ3n) is 4.21. The summed E-state index contributed by atoms with van der Waals surface area (Å²) in [7, 11) is 0. The molecule has 28 heavy (non-hydrogen) atoms. The predicted octanol–water partition coefficient (Wildman–Crippen LogP) is 6.65. The van der Waals surface area contributed by atoms with Crippen LogP contribution in [0.25, 0.3) is 0 Å². The van der Waals surface area contributed by atoms with E-state index in [1.165, 1.54) is 5.56 Å². The highest BCUT2D eigenvalue weighted by Crippen LogP contribution is 2.20. The Labute approximate surface area is 167 Å². The second-order valence-electron chi connectivity index (χ2n) is 6.59. The van der Waals surface area contributed by atoms with Gasteiger partial charge < -0.3 is 9.47 Å². The van der Waals surface area contributed by atoms with Crippen LogP contribution < -0.4 is 9.47 Å². The Morgan fingerprint density at radius 1 is 0.893 bits per heavy atom. The molecule has 0 atom stereocenters. The molecule has 0 saturated carbocycles. The van der Waals surface area contributed by atoms with Crippen LogP contribution in [0, 0.1) is 6.92 Å². The predicted molar refractivity (Wildman–Crippen MR) is 116 cm³/mol. The maximum absolute atomic E-state index is 6.14. The molecule has 0 fully saturated rings. The molecule has 3 heteroatoms. The topological polar surface area (TPSA) is 30.8 Å². The van der Waals surface area contributed by atoms with E-state index >= 15 is 0 Å². The molecule has 0 heterocycles. The van der Waals surface area contributed by atoms with Gasteiger partial charge in [-0.15, -0.1) is 0 Å². The molecule has 3 nitrogen and oxygen atoms in total. The number of para-hydroxylation sites is 1. The summed E-state index contributed by atoms with van der Waals surface area (Å²) in [6.07, 6.45) is 2.63. The first-order valence-corrected chi connectivity index (χ1v) is 9.45. The van der Waals surface area contributed by atoms with Crippen LogP contribution in [0.2, 0.25) is 0 Å². The second kappa shape index (κ2) is 9.56. The van der Waals surface area contributed by atoms with Crippen molar-refractivity contribution in [2.45, 2.75) is 27.2 Å². The van der Waals surface area contributed by atoms with Crippen LogP contribution in [0.1, 0.15) is 25.0 Å². The fourth-order valence-corrected chi connectivity index (χ4v) is 2.65. The van der Waals surface area contributed by atoms with Gasteiger partial charge in [0.05, 0.1) is 11.9 Å². The molecule has 0 aromatic heterocycles. The molecule has 0 amide bonds. The number of benzene rings is 3. The van der Waals surface area contributed by atoms with Crippen LogP contribution >= 0.6 is 0 Å². The van der Waals surface area contributed by atoms with Gasteiger partial charge in [0, 0.05) is 5.57 Å². The van der Waals surface area contributed by atoms with E-state index in [-0.39, 0.29) is 0 Å². The summed E-state index contributed by atoms with van der Waals surface area (Å²) in [4.78, 5) is 4.69. The van der Waals surface area contributed by atoms with E-state index < -0.39 is 0 Å². The van der Waals surface area contributed by atoms with E-state index in [2.05, 4.69) is 18.0 Å². The van der Waals surface area contributed by atoms with E-state index in [0.717, 1.165) is 34.7 Å². The molecule has 0 spiro atoms. The summed E-state index contributed by atoms with van der Waals surface area (Å²) in [6.45, 7) is 6.09. The summed E-state index contributed by atoms with van der Waals surface area (Å²) in [6, 6.07) is 25.8. The van der Waals surface area contributed by atoms with E-state index in [1.54, 1.807) is 6.26 Å². The summed E-state index contributed by atoms with van der Waals surface area (Å²) < 4.78 is 12.0. The van der Waals surface area contributed by atoms with Crippen LogP contribution in [-0.2, 0) is 6.42 Å². The minimum atomic E-state index is 0.507. The number of nitrogens with zero attached hydrogens (tertiary/aromatic N) is 1. The molecule has 142 valence electrons. The van der Waals surface area contributed by atoms with Crippen LogP contribution in [-0.4, -0.2) is 5.90 Å². The summed E-state index contributed by atoms with van der Waals surface area (Å²) >= 11 is 0. The molecule has 0 bridgehead atoms. The fraction of sp³-hybridized carbons (Fsp3) is 0.160. The molecular formula is C25H25NO2. The van der Waals surface area contributed by atoms with Crippen molar-refractivity contribution in [2.75, 3.05) is 0 Å². The summed E-state index contributed by atoms with van der Waals surface area (Å²) in [5.74, 6) is 2.05. The molecule has 3 aromatic carbocycles. The van der Waals surface area contributed by atoms with E-state index in [4.69, 9.17) is 9.47 Å². The smallest absolute Gasteiger partial charge is 0.225 e. The number of hydrogen-bond donors (Lipinski definition) is 0. The van der Waals surface area contributed by atoms with Gasteiger partial charge in [-0.2, -0.15) is 0 Å². The maximum Gasteiger partial charge on any atom is 0.225 e. The van der Waals surface area contributed by atoms with Gasteiger partial charge in [-0.05, 0) is 67.8 Å². The van der Waals surface area contributed by atoms with Gasteiger partial charge >= 0.3 is 0 Å². The zero-order valence-corrected chi connectivity index (χ0v) is 16.6. The highest BCUT2D eigenvalue weighted by Gasteiger charge is 2.08. The summed E-state index contributed by atoms with van der Waals surface area (Å²) in [5.41, 5.74) is 3.99. The molecule has 0 aliphatic carbocycles. The van der Waals surface area contributed by atoms with Crippen molar-refractivity contribution >= 4 is 11.6 Å². The van der Waals surface area contributed by atoms with E-state index in [9.17, 15) is 0 Å². The lowest BCUT2D eigenvalue weighted by atomic mass is 10.2. The van der Waals surface area contributed by atoms with Gasteiger partial charge in [0.1, 0.15) is 11.5 Å². The van der Waals surface area contributed by atoms with Crippen molar-refractivity contribution in [1.29, 1.82) is 0 Å². The molecule has 0 unspecified atom stereocenters. The fourth-order valence-electron chi connectivity index (χ4n) is 2.65. The van der Waals surface area contributed by atoms with Crippen molar-refractivity contribution in [1.82, 2.24) is 0 Å². The highest BCUT2D eigenvalue weighted by molar-refractivity contribution is 5.96. The molecule has 3 aromatic rings. The molecule has 0 N–H and O–H groups in total. The first-order chi connectivity index (χ1) is 13.6. The van der Waals surface area contributed by atoms with Crippen molar-refractivity contribution < 1.29 is 9.47 Å². The lowest BCUT2D eigenvalue weighted by molar-refractivity contribution is 0.473. The van der Waals surface area contributed by atoms with Crippen LogP contribution in [0.3, 0.4) is 0 Å². The Hall–Kier alpha value is -3.33. The third-order valence-corrected chi connectivity index (χ3v) is 4.21. The van der Waals surface area contributed by atoms with Crippen LogP contribution in [0.5, 0.6) is 11.5 Å². The SMILES string of the molecule is CCc1cccc(OC(=Nc2ccccc2)C(C)=COc2cccc(C)c2)c1. The first kappa shape index (κ1) is 19.4. The standard InChI is InChI=1S/C25H25NO2/c1-4-21-11-9-15-24(17-21)28-25(26-22-12-6-5-7-13-22)20(3)18-27-23-14-8-10-19(2)16-23/h5-18H,4H2,1-3H3. The minimum Gasteiger partial charge on any atom is -0.465 e. The number of rotatable bonds is 6. The quantitative estimate of drug-likeness (QED) is 0.276. The lowest BCUT2D eigenvalue weighted by Crippen LogP contribution is -2.11. The molecule has 3 rings (SSSR count). The van der Waals surface area contributed by atoms with Crippen LogP contribution in [0.15, 0.2) is 95.7 Å². The van der Waals surface area contributed by atoms with E-state index in [0.29, 0.717) is 5.90 Å². The number of aryl methyl sites for hydroxylation is 2. The Morgan fingerprint density at radius 3 is 2.39 bits per heavy atom. The molecule has 0 radical (unpaired) electrons. The third kappa shape index (κ3) is 5.58. The number of hydrogen-bond acceptors (Lipinski definition) is 3. The highest BCUT2D eigenvalue weighted by atomic mass is 16.5. The lowest BCUT2D eigenvalue weighted by Gasteiger charge is -2.11. The van der Waals surface area contributed by atoms with Crippen molar-refractivity contribution in [3.63, 3.8) is 0 Å². The summed E-state index contributed by atoms with van der Waals surface area (Å²) in [5, 5.41) is 0. The minimum absolute atomic E-state index is 0.507. The average Bonchev–Trinajstić information content (AvgIpc) is 2.72. The molecular weight excluding hydrogens is 346 g/mol. The Balaban J connectivity index is 1.88. The number of ether oxygens (including phenoxy) is 2. The van der Waals surface area contributed by atoms with Gasteiger partial charge in [-0.3, -0.25) is 0 Å². The zero-order chi connectivity index (χ0) is 19.8. The van der Waals surface area contributed by atoms with Gasteiger partial charge in [0.15, 0.2) is 0 Å². The Bertz CT molecular complexity index is 975. The monoisotopic (exact) mass is 371 g/mol. The Kier molecular flexibility index (Phi) is 6.64. The zero-order valence-electron chi connectivity index (χ0n) is 16.6. The van der Waals surface area contributed by atoms with Gasteiger partial charge in [0.2, 0.25) is 5.90 Å². The van der Waals surface area contributed by atoms with E-state index in [1.807, 2.05) is 86.6 Å². The maximum atomic E-state index is 6.14. The van der Waals surface area contributed by atoms with Crippen molar-refractivity contribution in [3.8, 4) is 11.5 Å². The van der Waals surface area contributed by atoms with Gasteiger partial charge in [-0.1, -0.05) is 49.4 Å².